The summed E-state index contributed by atoms with van der Waals surface area (Å²) >= 11 is 10.4. The van der Waals surface area contributed by atoms with Crippen molar-refractivity contribution in [2.24, 2.45) is 5.73 Å². The Bertz CT molecular complexity index is 2050. The highest BCUT2D eigenvalue weighted by molar-refractivity contribution is 6.64. The number of ether oxygens (including phenoxy) is 3. The molecule has 0 aromatic heterocycles. The summed E-state index contributed by atoms with van der Waals surface area (Å²) in [5, 5.41) is 7.08. The molecule has 0 aliphatic heterocycles. The molecule has 0 spiro atoms. The Morgan fingerprint density at radius 1 is 0.508 bits per heavy atom. The predicted octanol–water partition coefficient (Wildman–Crippen LogP) is 8.39. The fraction of sp³-hybridized carbons (Fsp3) is 0.255. The molecule has 0 atom stereocenters. The summed E-state index contributed by atoms with van der Waals surface area (Å²) in [4.78, 5) is 63.0. The molecule has 16 heteroatoms. The number of hydroxylamine groups is 1. The third-order valence-corrected chi connectivity index (χ3v) is 7.90. The topological polar surface area (TPSA) is 196 Å². The van der Waals surface area contributed by atoms with Crippen LogP contribution in [0.4, 0.5) is 11.4 Å². The number of halogens is 2. The minimum absolute atomic E-state index is 0.0656. The lowest BCUT2D eigenvalue weighted by molar-refractivity contribution is -0.123. The van der Waals surface area contributed by atoms with Gasteiger partial charge in [-0.3, -0.25) is 24.0 Å². The summed E-state index contributed by atoms with van der Waals surface area (Å²) in [5.41, 5.74) is 10.1. The molecule has 0 aliphatic carbocycles. The Labute approximate surface area is 378 Å². The van der Waals surface area contributed by atoms with Crippen molar-refractivity contribution >= 4 is 62.8 Å². The van der Waals surface area contributed by atoms with Crippen LogP contribution < -0.4 is 46.2 Å². The van der Waals surface area contributed by atoms with Gasteiger partial charge in [0.05, 0.1) is 0 Å². The first-order valence-electron chi connectivity index (χ1n) is 20.1. The van der Waals surface area contributed by atoms with Crippen molar-refractivity contribution in [3.63, 3.8) is 0 Å². The normalized spacial score (nSPS) is 10.5. The highest BCUT2D eigenvalue weighted by atomic mass is 35.5. The van der Waals surface area contributed by atoms with Gasteiger partial charge in [0, 0.05) is 42.1 Å². The summed E-state index contributed by atoms with van der Waals surface area (Å²) in [6, 6.07) is 26.4. The van der Waals surface area contributed by atoms with Crippen molar-refractivity contribution in [3.8, 4) is 23.0 Å². The van der Waals surface area contributed by atoms with Crippen LogP contribution in [0.2, 0.25) is 0 Å². The second kappa shape index (κ2) is 32.3. The average Bonchev–Trinajstić information content (AvgIpc) is 3.29. The van der Waals surface area contributed by atoms with Crippen molar-refractivity contribution in [3.05, 3.63) is 145 Å². The Morgan fingerprint density at radius 3 is 1.29 bits per heavy atom. The van der Waals surface area contributed by atoms with Gasteiger partial charge in [-0.1, -0.05) is 57.2 Å². The number of hydrogen-bond donors (Lipinski definition) is 5. The largest absolute Gasteiger partial charge is 0.484 e. The number of nitrogens with one attached hydrogen (secondary N) is 4. The van der Waals surface area contributed by atoms with Crippen molar-refractivity contribution in [2.45, 2.75) is 40.0 Å². The molecule has 336 valence electrons. The van der Waals surface area contributed by atoms with Gasteiger partial charge in [-0.25, -0.2) is 0 Å². The molecule has 4 aromatic carbocycles. The summed E-state index contributed by atoms with van der Waals surface area (Å²) in [6.07, 6.45) is 14.9. The Morgan fingerprint density at radius 2 is 0.889 bits per heavy atom. The van der Waals surface area contributed by atoms with Gasteiger partial charge in [-0.2, -0.15) is 5.48 Å². The van der Waals surface area contributed by atoms with E-state index in [4.69, 9.17) is 48.0 Å². The molecule has 0 unspecified atom stereocenters. The molecule has 3 amide bonds. The van der Waals surface area contributed by atoms with Gasteiger partial charge in [0.25, 0.3) is 28.2 Å². The van der Waals surface area contributed by atoms with Gasteiger partial charge in [0.1, 0.15) is 23.0 Å². The van der Waals surface area contributed by atoms with E-state index in [0.717, 1.165) is 19.3 Å². The Kier molecular flexibility index (Phi) is 27.0. The lowest BCUT2D eigenvalue weighted by Crippen LogP contribution is -2.28. The number of hydrogen-bond acceptors (Lipinski definition) is 11. The van der Waals surface area contributed by atoms with Crippen LogP contribution in [0.15, 0.2) is 134 Å². The summed E-state index contributed by atoms with van der Waals surface area (Å²) < 4.78 is 15.7. The number of benzene rings is 4. The lowest BCUT2D eigenvalue weighted by Gasteiger charge is -2.09. The lowest BCUT2D eigenvalue weighted by atomic mass is 10.2. The fourth-order valence-electron chi connectivity index (χ4n) is 4.64. The maximum absolute atomic E-state index is 12.4. The molecule has 0 saturated carbocycles. The molecule has 0 heterocycles. The zero-order valence-electron chi connectivity index (χ0n) is 35.6. The maximum Gasteiger partial charge on any atom is 0.259 e. The van der Waals surface area contributed by atoms with Crippen molar-refractivity contribution in [1.29, 1.82) is 0 Å². The van der Waals surface area contributed by atoms with Crippen LogP contribution in [-0.2, 0) is 14.4 Å². The average molecular weight is 905 g/mol. The zero-order valence-corrected chi connectivity index (χ0v) is 37.1. The minimum atomic E-state index is -0.607. The van der Waals surface area contributed by atoms with Crippen LogP contribution in [0.25, 0.3) is 0 Å². The quantitative estimate of drug-likeness (QED) is 0.0208. The van der Waals surface area contributed by atoms with Gasteiger partial charge in [0.15, 0.2) is 19.8 Å². The standard InChI is InChI=1S/C25H31N3O4.C17H13Cl2NO5.C5H11N/c1-3-5-7-17-26-24(29)19-31-22-15-11-21(12-16-22)28-25(30)20-9-13-23(14-10-20)32-27-18-8-6-4-2;18-15(21)9-24-13-5-1-11(2-6-13)17(23)20-12-3-7-14(8-4-12)25-10-16(19)22;1-2-3-4-5-6/h5-16,27H,3-4,17-19H2,1-2H3,(H,26,29)(H,28,30);1-8H,9-10H2,(H,20,23);3-4H,2,5-6H2,1H3/b7-5-,8-6-;;4-3-. The smallest absolute Gasteiger partial charge is 0.259 e. The summed E-state index contributed by atoms with van der Waals surface area (Å²) in [5.74, 6) is 1.32. The van der Waals surface area contributed by atoms with Crippen LogP contribution in [0.3, 0.4) is 0 Å². The molecular formula is C47H55Cl2N5O9. The van der Waals surface area contributed by atoms with E-state index >= 15 is 0 Å². The van der Waals surface area contributed by atoms with Crippen molar-refractivity contribution in [2.75, 3.05) is 50.1 Å². The van der Waals surface area contributed by atoms with Gasteiger partial charge in [-0.05, 0) is 140 Å². The number of rotatable bonds is 23. The first-order valence-corrected chi connectivity index (χ1v) is 20.8. The molecule has 0 radical (unpaired) electrons. The number of anilines is 2. The molecule has 4 aromatic rings. The number of nitrogens with two attached hydrogens (primary N) is 1. The van der Waals surface area contributed by atoms with E-state index in [1.54, 1.807) is 97.1 Å². The predicted molar refractivity (Wildman–Crippen MR) is 249 cm³/mol. The molecule has 6 N–H and O–H groups in total. The molecule has 0 fully saturated rings. The summed E-state index contributed by atoms with van der Waals surface area (Å²) in [6.45, 7) is 7.43. The number of amides is 3. The van der Waals surface area contributed by atoms with Crippen LogP contribution in [0.1, 0.15) is 60.7 Å². The molecular weight excluding hydrogens is 849 g/mol. The number of carbonyl (C=O) groups is 5. The van der Waals surface area contributed by atoms with E-state index < -0.39 is 10.5 Å². The van der Waals surface area contributed by atoms with Crippen LogP contribution in [0.5, 0.6) is 23.0 Å². The fourth-order valence-corrected chi connectivity index (χ4v) is 4.75. The van der Waals surface area contributed by atoms with E-state index in [1.807, 2.05) is 37.3 Å². The first-order chi connectivity index (χ1) is 30.5. The van der Waals surface area contributed by atoms with Crippen LogP contribution in [0, 0.1) is 0 Å². The number of carbonyl (C=O) groups excluding carboxylic acids is 5. The Balaban J connectivity index is 0.000000392. The molecule has 4 rings (SSSR count). The van der Waals surface area contributed by atoms with Crippen LogP contribution >= 0.6 is 23.2 Å². The first kappa shape index (κ1) is 52.7. The highest BCUT2D eigenvalue weighted by Gasteiger charge is 2.09. The molecule has 14 nitrogen and oxygen atoms in total. The van der Waals surface area contributed by atoms with E-state index in [9.17, 15) is 24.0 Å². The maximum atomic E-state index is 12.4. The SMILES string of the molecule is CC/C=C\CN.CC/C=C\CNOc1ccc(C(=O)Nc2ccc(OCC(=O)NC/C=C\CC)cc2)cc1.O=C(Cl)COc1ccc(NC(=O)c2ccc(OCC(=O)Cl)cc2)cc1. The second-order valence-corrected chi connectivity index (χ2v) is 13.6. The van der Waals surface area contributed by atoms with Gasteiger partial charge < -0.3 is 40.7 Å². The monoisotopic (exact) mass is 903 g/mol. The van der Waals surface area contributed by atoms with Gasteiger partial charge >= 0.3 is 0 Å². The van der Waals surface area contributed by atoms with E-state index in [2.05, 4.69) is 41.4 Å². The minimum Gasteiger partial charge on any atom is -0.484 e. The van der Waals surface area contributed by atoms with Gasteiger partial charge in [0.2, 0.25) is 0 Å². The molecule has 0 saturated heterocycles. The van der Waals surface area contributed by atoms with Crippen molar-refractivity contribution < 1.29 is 43.0 Å². The molecule has 0 aliphatic rings. The zero-order chi connectivity index (χ0) is 46.1. The highest BCUT2D eigenvalue weighted by Crippen LogP contribution is 2.19. The molecule has 63 heavy (non-hydrogen) atoms. The summed E-state index contributed by atoms with van der Waals surface area (Å²) in [7, 11) is 0. The van der Waals surface area contributed by atoms with Crippen LogP contribution in [-0.4, -0.2) is 67.7 Å². The van der Waals surface area contributed by atoms with E-state index in [0.29, 0.717) is 65.1 Å². The molecule has 0 bridgehead atoms. The van der Waals surface area contributed by atoms with E-state index in [-0.39, 0.29) is 37.5 Å². The Hall–Kier alpha value is -6.45. The van der Waals surface area contributed by atoms with Gasteiger partial charge in [-0.15, -0.1) is 0 Å². The second-order valence-electron chi connectivity index (χ2n) is 12.7. The third kappa shape index (κ3) is 24.6. The van der Waals surface area contributed by atoms with Crippen molar-refractivity contribution in [1.82, 2.24) is 10.8 Å². The number of allylic oxidation sites excluding steroid dienone is 3. The van der Waals surface area contributed by atoms with E-state index in [1.165, 1.54) is 0 Å². The third-order valence-electron chi connectivity index (χ3n) is 7.68.